The highest BCUT2D eigenvalue weighted by molar-refractivity contribution is 5.37. The quantitative estimate of drug-likeness (QED) is 0.497. The van der Waals surface area contributed by atoms with Crippen LogP contribution in [0.5, 0.6) is 0 Å². The summed E-state index contributed by atoms with van der Waals surface area (Å²) in [5, 5.41) is 0. The molecule has 0 amide bonds. The molecule has 148 valence electrons. The molecule has 5 unspecified atom stereocenters. The van der Waals surface area contributed by atoms with Crippen molar-refractivity contribution in [3.05, 3.63) is 47.0 Å². The van der Waals surface area contributed by atoms with E-state index in [-0.39, 0.29) is 0 Å². The molecule has 0 N–H and O–H groups in total. The van der Waals surface area contributed by atoms with Crippen LogP contribution < -0.4 is 0 Å². The van der Waals surface area contributed by atoms with E-state index in [0.29, 0.717) is 29.9 Å². The number of hydrogen-bond acceptors (Lipinski definition) is 0. The molecule has 1 aromatic carbocycles. The molecule has 3 aliphatic rings. The molecule has 0 bridgehead atoms. The lowest BCUT2D eigenvalue weighted by Gasteiger charge is -2.44. The lowest BCUT2D eigenvalue weighted by Crippen LogP contribution is -2.34. The van der Waals surface area contributed by atoms with Gasteiger partial charge in [-0.3, -0.25) is 0 Å². The van der Waals surface area contributed by atoms with E-state index in [4.69, 9.17) is 0 Å². The third-order valence-electron chi connectivity index (χ3n) is 7.93. The highest BCUT2D eigenvalue weighted by atomic mass is 19.2. The highest BCUT2D eigenvalue weighted by Gasteiger charge is 2.38. The van der Waals surface area contributed by atoms with Crippen LogP contribution in [0.3, 0.4) is 0 Å². The molecule has 0 heterocycles. The van der Waals surface area contributed by atoms with Crippen molar-refractivity contribution in [3.8, 4) is 0 Å². The molecule has 4 rings (SSSR count). The first-order chi connectivity index (χ1) is 13.1. The van der Waals surface area contributed by atoms with Gasteiger partial charge in [-0.1, -0.05) is 25.5 Å². The Hall–Kier alpha value is -1.18. The van der Waals surface area contributed by atoms with Gasteiger partial charge in [-0.2, -0.15) is 0 Å². The fourth-order valence-electron chi connectivity index (χ4n) is 6.35. The Morgan fingerprint density at radius 3 is 2.44 bits per heavy atom. The van der Waals surface area contributed by atoms with Gasteiger partial charge in [0.2, 0.25) is 0 Å². The molecule has 0 spiro atoms. The Balaban J connectivity index is 1.47. The summed E-state index contributed by atoms with van der Waals surface area (Å²) in [5.41, 5.74) is 2.27. The van der Waals surface area contributed by atoms with E-state index in [1.807, 2.05) is 6.07 Å². The summed E-state index contributed by atoms with van der Waals surface area (Å²) in [4.78, 5) is 0. The van der Waals surface area contributed by atoms with Crippen LogP contribution in [-0.4, -0.2) is 0 Å². The molecule has 5 atom stereocenters. The summed E-state index contributed by atoms with van der Waals surface area (Å²) in [6.45, 7) is 6.10. The van der Waals surface area contributed by atoms with Gasteiger partial charge in [0.05, 0.1) is 0 Å². The Kier molecular flexibility index (Phi) is 5.71. The summed E-state index contributed by atoms with van der Waals surface area (Å²) < 4.78 is 29.4. The smallest absolute Gasteiger partial charge is 0.162 e. The van der Waals surface area contributed by atoms with Crippen LogP contribution in [0.4, 0.5) is 8.78 Å². The molecule has 3 aliphatic carbocycles. The Morgan fingerprint density at radius 1 is 0.963 bits per heavy atom. The number of allylic oxidation sites excluding steroid dienone is 1. The molecule has 1 aromatic rings. The maximum Gasteiger partial charge on any atom is 0.162 e. The normalized spacial score (nSPS) is 33.2. The Bertz CT molecular complexity index is 692. The predicted octanol–water partition coefficient (Wildman–Crippen LogP) is 7.04. The maximum absolute atomic E-state index is 14.8. The van der Waals surface area contributed by atoms with Crippen molar-refractivity contribution in [2.75, 3.05) is 0 Å². The molecule has 0 aliphatic heterocycles. The first-order valence-electron chi connectivity index (χ1n) is 11.2. The van der Waals surface area contributed by atoms with Crippen LogP contribution in [-0.2, 0) is 19.3 Å². The summed E-state index contributed by atoms with van der Waals surface area (Å²) in [6.07, 6.45) is 14.0. The van der Waals surface area contributed by atoms with Crippen LogP contribution in [0.25, 0.3) is 0 Å². The van der Waals surface area contributed by atoms with Crippen molar-refractivity contribution in [1.82, 2.24) is 0 Å². The van der Waals surface area contributed by atoms with Crippen molar-refractivity contribution in [3.63, 3.8) is 0 Å². The number of aryl methyl sites for hydroxylation is 2. The number of hydrogen-bond donors (Lipinski definition) is 0. The topological polar surface area (TPSA) is 0 Å². The van der Waals surface area contributed by atoms with Gasteiger partial charge < -0.3 is 0 Å². The average molecular weight is 373 g/mol. The van der Waals surface area contributed by atoms with Crippen molar-refractivity contribution < 1.29 is 8.78 Å². The van der Waals surface area contributed by atoms with Gasteiger partial charge in [0, 0.05) is 0 Å². The van der Waals surface area contributed by atoms with E-state index in [9.17, 15) is 8.78 Å². The first-order valence-corrected chi connectivity index (χ1v) is 11.2. The van der Waals surface area contributed by atoms with Gasteiger partial charge in [0.1, 0.15) is 0 Å². The van der Waals surface area contributed by atoms with E-state index >= 15 is 0 Å². The predicted molar refractivity (Wildman–Crippen MR) is 108 cm³/mol. The molecule has 0 nitrogen and oxygen atoms in total. The highest BCUT2D eigenvalue weighted by Crippen LogP contribution is 2.48. The average Bonchev–Trinajstić information content (AvgIpc) is 2.69. The molecule has 2 heteroatoms. The molecule has 2 fully saturated rings. The van der Waals surface area contributed by atoms with Gasteiger partial charge in [0.25, 0.3) is 0 Å². The second-order valence-electron chi connectivity index (χ2n) is 9.64. The number of rotatable bonds is 4. The zero-order valence-electron chi connectivity index (χ0n) is 16.8. The van der Waals surface area contributed by atoms with Crippen LogP contribution in [0, 0.1) is 41.2 Å². The van der Waals surface area contributed by atoms with E-state index in [2.05, 4.69) is 13.5 Å². The second kappa shape index (κ2) is 8.05. The number of fused-ring (bicyclic) bond motifs is 2. The van der Waals surface area contributed by atoms with Crippen LogP contribution in [0.15, 0.2) is 18.7 Å². The molecule has 2 saturated carbocycles. The lowest BCUT2D eigenvalue weighted by atomic mass is 9.61. The third-order valence-corrected chi connectivity index (χ3v) is 7.93. The van der Waals surface area contributed by atoms with E-state index in [1.54, 1.807) is 6.08 Å². The molecule has 0 saturated heterocycles. The second-order valence-corrected chi connectivity index (χ2v) is 9.64. The zero-order valence-corrected chi connectivity index (χ0v) is 16.8. The van der Waals surface area contributed by atoms with E-state index in [0.717, 1.165) is 48.5 Å². The summed E-state index contributed by atoms with van der Waals surface area (Å²) >= 11 is 0. The molecule has 0 radical (unpaired) electrons. The third kappa shape index (κ3) is 3.87. The molecule has 0 aromatic heterocycles. The van der Waals surface area contributed by atoms with Gasteiger partial charge in [0.15, 0.2) is 11.6 Å². The van der Waals surface area contributed by atoms with Crippen LogP contribution in [0.1, 0.15) is 75.0 Å². The largest absolute Gasteiger partial charge is 0.203 e. The molecule has 27 heavy (non-hydrogen) atoms. The summed E-state index contributed by atoms with van der Waals surface area (Å²) in [7, 11) is 0. The number of benzene rings is 1. The standard InChI is InChI=1S/C25H34F2/c1-3-4-5-22-14-21-11-10-20(15-23(21)25(27)24(22)26)19-9-8-17-12-16(2)6-7-18(17)13-19/h3,14,16-20H,1,4-13,15H2,2H3. The molecular weight excluding hydrogens is 338 g/mol. The van der Waals surface area contributed by atoms with Crippen molar-refractivity contribution >= 4 is 0 Å². The Labute approximate surface area is 163 Å². The molecular formula is C25H34F2. The van der Waals surface area contributed by atoms with E-state index < -0.39 is 11.6 Å². The van der Waals surface area contributed by atoms with Gasteiger partial charge in [-0.15, -0.1) is 6.58 Å². The van der Waals surface area contributed by atoms with Gasteiger partial charge in [-0.05, 0) is 110 Å². The lowest BCUT2D eigenvalue weighted by molar-refractivity contribution is 0.0753. The van der Waals surface area contributed by atoms with E-state index in [1.165, 1.54) is 38.5 Å². The summed E-state index contributed by atoms with van der Waals surface area (Å²) in [6, 6.07) is 1.94. The fourth-order valence-corrected chi connectivity index (χ4v) is 6.35. The summed E-state index contributed by atoms with van der Waals surface area (Å²) in [5.74, 6) is 2.82. The minimum Gasteiger partial charge on any atom is -0.203 e. The maximum atomic E-state index is 14.8. The van der Waals surface area contributed by atoms with Gasteiger partial charge in [-0.25, -0.2) is 8.78 Å². The van der Waals surface area contributed by atoms with Crippen molar-refractivity contribution in [1.29, 1.82) is 0 Å². The fraction of sp³-hybridized carbons (Fsp3) is 0.680. The Morgan fingerprint density at radius 2 is 1.67 bits per heavy atom. The first kappa shape index (κ1) is 19.2. The van der Waals surface area contributed by atoms with Crippen molar-refractivity contribution in [2.24, 2.45) is 29.6 Å². The van der Waals surface area contributed by atoms with Crippen molar-refractivity contribution in [2.45, 2.75) is 77.6 Å². The SMILES string of the molecule is C=CCCc1cc2c(c(F)c1F)CC(C1CCC3CC(C)CCC3C1)CC2. The van der Waals surface area contributed by atoms with Crippen LogP contribution >= 0.6 is 0 Å². The number of halogens is 2. The monoisotopic (exact) mass is 372 g/mol. The zero-order chi connectivity index (χ0) is 19.0. The van der Waals surface area contributed by atoms with Crippen LogP contribution in [0.2, 0.25) is 0 Å². The minimum absolute atomic E-state index is 0.529. The minimum atomic E-state index is -0.610. The van der Waals surface area contributed by atoms with Gasteiger partial charge >= 0.3 is 0 Å².